The third kappa shape index (κ3) is 5.03. The van der Waals surface area contributed by atoms with Crippen LogP contribution in [0.15, 0.2) is 47.1 Å². The van der Waals surface area contributed by atoms with Crippen molar-refractivity contribution >= 4 is 15.7 Å². The predicted molar refractivity (Wildman–Crippen MR) is 99.4 cm³/mol. The Hall–Kier alpha value is -2.48. The molecule has 3 rings (SSSR count). The molecule has 146 valence electrons. The monoisotopic (exact) mass is 393 g/mol. The van der Waals surface area contributed by atoms with E-state index in [0.717, 1.165) is 0 Å². The first-order valence-electron chi connectivity index (χ1n) is 8.85. The minimum Gasteiger partial charge on any atom is -0.490 e. The lowest BCUT2D eigenvalue weighted by molar-refractivity contribution is -0.136. The molecule has 0 spiro atoms. The van der Waals surface area contributed by atoms with Crippen molar-refractivity contribution in [3.8, 4) is 11.5 Å². The number of para-hydroxylation sites is 2. The first kappa shape index (κ1) is 19.3. The van der Waals surface area contributed by atoms with Crippen LogP contribution in [0.3, 0.4) is 0 Å². The van der Waals surface area contributed by atoms with Crippen LogP contribution < -0.4 is 9.47 Å². The number of hydrogen-bond donors (Lipinski definition) is 0. The molecule has 1 fully saturated rings. The second-order valence-corrected chi connectivity index (χ2v) is 8.56. The van der Waals surface area contributed by atoms with Crippen LogP contribution in [-0.4, -0.2) is 50.0 Å². The van der Waals surface area contributed by atoms with E-state index < -0.39 is 9.84 Å². The summed E-state index contributed by atoms with van der Waals surface area (Å²) in [7, 11) is -3.12. The molecule has 8 heteroatoms. The number of hydrogen-bond acceptors (Lipinski definition) is 6. The Bertz CT molecular complexity index is 862. The van der Waals surface area contributed by atoms with Gasteiger partial charge in [-0.2, -0.15) is 0 Å². The molecule has 1 aromatic heterocycles. The van der Waals surface area contributed by atoms with E-state index in [1.165, 1.54) is 11.2 Å². The van der Waals surface area contributed by atoms with Crippen LogP contribution >= 0.6 is 0 Å². The van der Waals surface area contributed by atoms with Crippen LogP contribution in [-0.2, 0) is 21.2 Å². The van der Waals surface area contributed by atoms with Crippen molar-refractivity contribution in [1.29, 1.82) is 0 Å². The zero-order valence-electron chi connectivity index (χ0n) is 15.2. The summed E-state index contributed by atoms with van der Waals surface area (Å²) < 4.78 is 40.2. The van der Waals surface area contributed by atoms with E-state index >= 15 is 0 Å². The molecule has 0 bridgehead atoms. The van der Waals surface area contributed by atoms with Gasteiger partial charge < -0.3 is 18.8 Å². The molecule has 1 aromatic carbocycles. The molecule has 2 heterocycles. The Balaban J connectivity index is 1.71. The molecule has 0 unspecified atom stereocenters. The Morgan fingerprint density at radius 3 is 2.52 bits per heavy atom. The quantitative estimate of drug-likeness (QED) is 0.684. The lowest BCUT2D eigenvalue weighted by atomic mass is 10.2. The van der Waals surface area contributed by atoms with Gasteiger partial charge in [0.2, 0.25) is 0 Å². The molecule has 0 saturated carbocycles. The van der Waals surface area contributed by atoms with E-state index in [0.29, 0.717) is 30.3 Å². The number of amides is 1. The number of nitrogens with zero attached hydrogens (tertiary/aromatic N) is 1. The first-order chi connectivity index (χ1) is 13.0. The largest absolute Gasteiger partial charge is 0.490 e. The minimum atomic E-state index is -3.12. The molecule has 1 aliphatic rings. The van der Waals surface area contributed by atoms with Crippen LogP contribution in [0.2, 0.25) is 0 Å². The number of furan rings is 1. The SMILES string of the molecule is CCOc1ccccc1OCC(=O)N(Cc1ccco1)[C@@H]1CCS(=O)(=O)C1. The number of ether oxygens (including phenoxy) is 2. The lowest BCUT2D eigenvalue weighted by Crippen LogP contribution is -2.43. The summed E-state index contributed by atoms with van der Waals surface area (Å²) >= 11 is 0. The van der Waals surface area contributed by atoms with Gasteiger partial charge in [0.15, 0.2) is 27.9 Å². The second-order valence-electron chi connectivity index (χ2n) is 6.33. The van der Waals surface area contributed by atoms with Gasteiger partial charge in [-0.3, -0.25) is 4.79 Å². The minimum absolute atomic E-state index is 0.0328. The van der Waals surface area contributed by atoms with Gasteiger partial charge in [0.25, 0.3) is 5.91 Å². The average molecular weight is 393 g/mol. The third-order valence-electron chi connectivity index (χ3n) is 4.38. The molecule has 1 saturated heterocycles. The molecule has 7 nitrogen and oxygen atoms in total. The van der Waals surface area contributed by atoms with Gasteiger partial charge in [-0.05, 0) is 37.6 Å². The van der Waals surface area contributed by atoms with E-state index in [-0.39, 0.29) is 36.6 Å². The predicted octanol–water partition coefficient (Wildman–Crippen LogP) is 2.27. The molecule has 0 N–H and O–H groups in total. The maximum Gasteiger partial charge on any atom is 0.261 e. The Labute approximate surface area is 158 Å². The summed E-state index contributed by atoms with van der Waals surface area (Å²) in [5.41, 5.74) is 0. The molecule has 1 amide bonds. The van der Waals surface area contributed by atoms with Crippen molar-refractivity contribution in [3.05, 3.63) is 48.4 Å². The molecule has 0 aliphatic carbocycles. The van der Waals surface area contributed by atoms with E-state index in [1.54, 1.807) is 30.3 Å². The molecule has 0 radical (unpaired) electrons. The zero-order chi connectivity index (χ0) is 19.3. The van der Waals surface area contributed by atoms with Crippen molar-refractivity contribution < 1.29 is 27.1 Å². The van der Waals surface area contributed by atoms with Crippen molar-refractivity contribution in [3.63, 3.8) is 0 Å². The molecular weight excluding hydrogens is 370 g/mol. The van der Waals surface area contributed by atoms with Crippen LogP contribution in [0.1, 0.15) is 19.1 Å². The summed E-state index contributed by atoms with van der Waals surface area (Å²) in [5, 5.41) is 0. The normalized spacial score (nSPS) is 18.2. The van der Waals surface area contributed by atoms with Gasteiger partial charge in [-0.15, -0.1) is 0 Å². The highest BCUT2D eigenvalue weighted by Crippen LogP contribution is 2.27. The smallest absolute Gasteiger partial charge is 0.261 e. The van der Waals surface area contributed by atoms with Crippen LogP contribution in [0.25, 0.3) is 0 Å². The molecule has 2 aromatic rings. The summed E-state index contributed by atoms with van der Waals surface area (Å²) in [6.45, 7) is 2.36. The summed E-state index contributed by atoms with van der Waals surface area (Å²) in [5.74, 6) is 1.41. The fraction of sp³-hybridized carbons (Fsp3) is 0.421. The van der Waals surface area contributed by atoms with Gasteiger partial charge >= 0.3 is 0 Å². The Morgan fingerprint density at radius 1 is 1.19 bits per heavy atom. The number of sulfone groups is 1. The summed E-state index contributed by atoms with van der Waals surface area (Å²) in [6, 6.07) is 10.2. The number of benzene rings is 1. The van der Waals surface area contributed by atoms with E-state index in [2.05, 4.69) is 0 Å². The van der Waals surface area contributed by atoms with Gasteiger partial charge in [0.1, 0.15) is 5.76 Å². The highest BCUT2D eigenvalue weighted by Gasteiger charge is 2.35. The lowest BCUT2D eigenvalue weighted by Gasteiger charge is -2.27. The zero-order valence-corrected chi connectivity index (χ0v) is 16.0. The van der Waals surface area contributed by atoms with E-state index in [4.69, 9.17) is 13.9 Å². The molecule has 1 atom stereocenters. The van der Waals surface area contributed by atoms with Crippen LogP contribution in [0.4, 0.5) is 0 Å². The number of carbonyl (C=O) groups excluding carboxylic acids is 1. The highest BCUT2D eigenvalue weighted by atomic mass is 32.2. The van der Waals surface area contributed by atoms with Crippen LogP contribution in [0, 0.1) is 0 Å². The van der Waals surface area contributed by atoms with Crippen LogP contribution in [0.5, 0.6) is 11.5 Å². The topological polar surface area (TPSA) is 86.1 Å². The molecular formula is C19H23NO6S. The van der Waals surface area contributed by atoms with Crippen molar-refractivity contribution in [2.45, 2.75) is 25.9 Å². The maximum absolute atomic E-state index is 12.8. The summed E-state index contributed by atoms with van der Waals surface area (Å²) in [6.07, 6.45) is 1.95. The molecule has 27 heavy (non-hydrogen) atoms. The standard InChI is InChI=1S/C19H23NO6S/c1-2-24-17-7-3-4-8-18(17)26-13-19(21)20(12-16-6-5-10-25-16)15-9-11-27(22,23)14-15/h3-8,10,15H,2,9,11-14H2,1H3/t15-/m1/s1. The fourth-order valence-corrected chi connectivity index (χ4v) is 4.81. The summed E-state index contributed by atoms with van der Waals surface area (Å²) in [4.78, 5) is 14.4. The second kappa shape index (κ2) is 8.47. The molecule has 1 aliphatic heterocycles. The highest BCUT2D eigenvalue weighted by molar-refractivity contribution is 7.91. The van der Waals surface area contributed by atoms with Gasteiger partial charge in [0, 0.05) is 6.04 Å². The maximum atomic E-state index is 12.8. The van der Waals surface area contributed by atoms with E-state index in [9.17, 15) is 13.2 Å². The first-order valence-corrected chi connectivity index (χ1v) is 10.7. The average Bonchev–Trinajstić information content (AvgIpc) is 3.28. The van der Waals surface area contributed by atoms with Crippen molar-refractivity contribution in [2.24, 2.45) is 0 Å². The Morgan fingerprint density at radius 2 is 1.93 bits per heavy atom. The third-order valence-corrected chi connectivity index (χ3v) is 6.13. The van der Waals surface area contributed by atoms with Gasteiger partial charge in [0.05, 0.1) is 30.9 Å². The van der Waals surface area contributed by atoms with Crippen molar-refractivity contribution in [2.75, 3.05) is 24.7 Å². The van der Waals surface area contributed by atoms with Gasteiger partial charge in [-0.1, -0.05) is 12.1 Å². The van der Waals surface area contributed by atoms with E-state index in [1.807, 2.05) is 13.0 Å². The van der Waals surface area contributed by atoms with Gasteiger partial charge in [-0.25, -0.2) is 8.42 Å². The van der Waals surface area contributed by atoms with Crippen molar-refractivity contribution in [1.82, 2.24) is 4.90 Å². The fourth-order valence-electron chi connectivity index (χ4n) is 3.08. The Kier molecular flexibility index (Phi) is 6.05. The number of rotatable bonds is 8. The number of carbonyl (C=O) groups is 1.